The van der Waals surface area contributed by atoms with E-state index in [-0.39, 0.29) is 5.92 Å². The highest BCUT2D eigenvalue weighted by Crippen LogP contribution is 2.39. The van der Waals surface area contributed by atoms with Crippen molar-refractivity contribution in [3.05, 3.63) is 23.8 Å². The molecule has 0 amide bonds. The Morgan fingerprint density at radius 3 is 2.19 bits per heavy atom. The molecule has 1 aliphatic carbocycles. The first-order valence-electron chi connectivity index (χ1n) is 7.63. The summed E-state index contributed by atoms with van der Waals surface area (Å²) >= 11 is 0. The third kappa shape index (κ3) is 2.82. The average Bonchev–Trinajstić information content (AvgIpc) is 3.23. The van der Waals surface area contributed by atoms with Gasteiger partial charge >= 0.3 is 0 Å². The van der Waals surface area contributed by atoms with Crippen LogP contribution in [0.4, 0.5) is 0 Å². The molecule has 7 heteroatoms. The fourth-order valence-corrected chi connectivity index (χ4v) is 4.41. The molecule has 1 saturated carbocycles. The highest BCUT2D eigenvalue weighted by Gasteiger charge is 2.40. The molecule has 1 aromatic heterocycles. The maximum Gasteiger partial charge on any atom is 0.281 e. The van der Waals surface area contributed by atoms with Crippen molar-refractivity contribution in [1.29, 1.82) is 0 Å². The Bertz CT molecular complexity index is 588. The second-order valence-corrected chi connectivity index (χ2v) is 7.68. The molecule has 21 heavy (non-hydrogen) atoms. The van der Waals surface area contributed by atoms with E-state index in [2.05, 4.69) is 9.97 Å². The molecule has 1 aromatic rings. The van der Waals surface area contributed by atoms with Crippen molar-refractivity contribution in [3.63, 3.8) is 0 Å². The zero-order valence-electron chi connectivity index (χ0n) is 12.6. The van der Waals surface area contributed by atoms with E-state index in [9.17, 15) is 8.42 Å². The minimum Gasteiger partial charge on any atom is -0.241 e. The van der Waals surface area contributed by atoms with E-state index in [4.69, 9.17) is 0 Å². The van der Waals surface area contributed by atoms with Gasteiger partial charge in [0.05, 0.1) is 0 Å². The van der Waals surface area contributed by atoms with Crippen molar-refractivity contribution in [1.82, 2.24) is 18.6 Å². The lowest BCUT2D eigenvalue weighted by Gasteiger charge is -2.39. The van der Waals surface area contributed by atoms with Crippen LogP contribution in [0.25, 0.3) is 0 Å². The van der Waals surface area contributed by atoms with Crippen LogP contribution >= 0.6 is 0 Å². The predicted molar refractivity (Wildman–Crippen MR) is 80.2 cm³/mol. The molecular weight excluding hydrogens is 288 g/mol. The zero-order chi connectivity index (χ0) is 15.0. The summed E-state index contributed by atoms with van der Waals surface area (Å²) in [5.41, 5.74) is 1.21. The van der Waals surface area contributed by atoms with E-state index in [0.717, 1.165) is 5.82 Å². The molecule has 6 nitrogen and oxygen atoms in total. The van der Waals surface area contributed by atoms with Crippen LogP contribution in [0.1, 0.15) is 49.9 Å². The van der Waals surface area contributed by atoms with Crippen molar-refractivity contribution >= 4 is 10.2 Å². The van der Waals surface area contributed by atoms with Gasteiger partial charge in [-0.3, -0.25) is 0 Å². The van der Waals surface area contributed by atoms with Gasteiger partial charge in [-0.25, -0.2) is 9.97 Å². The van der Waals surface area contributed by atoms with Gasteiger partial charge in [0.25, 0.3) is 10.2 Å². The van der Waals surface area contributed by atoms with E-state index in [1.165, 1.54) is 27.0 Å². The van der Waals surface area contributed by atoms with Crippen LogP contribution in [-0.2, 0) is 10.2 Å². The van der Waals surface area contributed by atoms with Gasteiger partial charge in [-0.2, -0.15) is 17.0 Å². The molecule has 3 rings (SSSR count). The van der Waals surface area contributed by atoms with Gasteiger partial charge in [0, 0.05) is 44.5 Å². The molecule has 0 aromatic carbocycles. The molecule has 116 valence electrons. The monoisotopic (exact) mass is 310 g/mol. The van der Waals surface area contributed by atoms with E-state index in [0.29, 0.717) is 32.1 Å². The van der Waals surface area contributed by atoms with Crippen LogP contribution < -0.4 is 0 Å². The molecule has 2 heterocycles. The standard InChI is InChI=1S/C14H22N4O2S/c1-3-17(4-2)21(19,20)18-9-13(10-18)14-15-7-12(8-16-14)11-5-6-11/h7-8,11,13H,3-6,9-10H2,1-2H3. The Balaban J connectivity index is 1.62. The molecule has 0 N–H and O–H groups in total. The number of hydrogen-bond acceptors (Lipinski definition) is 4. The molecule has 0 spiro atoms. The van der Waals surface area contributed by atoms with Gasteiger partial charge in [0.2, 0.25) is 0 Å². The van der Waals surface area contributed by atoms with Crippen LogP contribution in [0.5, 0.6) is 0 Å². The summed E-state index contributed by atoms with van der Waals surface area (Å²) in [6.07, 6.45) is 6.28. The first-order chi connectivity index (χ1) is 10.1. The van der Waals surface area contributed by atoms with E-state index in [1.807, 2.05) is 26.2 Å². The number of aromatic nitrogens is 2. The summed E-state index contributed by atoms with van der Waals surface area (Å²) in [7, 11) is -3.31. The SMILES string of the molecule is CCN(CC)S(=O)(=O)N1CC(c2ncc(C3CC3)cn2)C1. The lowest BCUT2D eigenvalue weighted by Crippen LogP contribution is -2.54. The summed E-state index contributed by atoms with van der Waals surface area (Å²) in [6.45, 7) is 5.71. The topological polar surface area (TPSA) is 66.4 Å². The Hall–Kier alpha value is -1.05. The normalized spacial score (nSPS) is 20.7. The molecule has 2 aliphatic rings. The quantitative estimate of drug-likeness (QED) is 0.795. The summed E-state index contributed by atoms with van der Waals surface area (Å²) in [4.78, 5) is 8.83. The second kappa shape index (κ2) is 5.62. The van der Waals surface area contributed by atoms with Gasteiger partial charge < -0.3 is 0 Å². The molecule has 0 unspecified atom stereocenters. The summed E-state index contributed by atoms with van der Waals surface area (Å²) in [6, 6.07) is 0. The van der Waals surface area contributed by atoms with Crippen molar-refractivity contribution in [2.24, 2.45) is 0 Å². The van der Waals surface area contributed by atoms with Gasteiger partial charge in [-0.05, 0) is 24.3 Å². The lowest BCUT2D eigenvalue weighted by molar-refractivity contribution is 0.234. The number of rotatable bonds is 6. The smallest absolute Gasteiger partial charge is 0.241 e. The zero-order valence-corrected chi connectivity index (χ0v) is 13.4. The second-order valence-electron chi connectivity index (χ2n) is 5.75. The Labute approximate surface area is 126 Å². The van der Waals surface area contributed by atoms with E-state index < -0.39 is 10.2 Å². The highest BCUT2D eigenvalue weighted by molar-refractivity contribution is 7.86. The van der Waals surface area contributed by atoms with Gasteiger partial charge in [0.1, 0.15) is 5.82 Å². The molecule has 1 saturated heterocycles. The largest absolute Gasteiger partial charge is 0.281 e. The summed E-state index contributed by atoms with van der Waals surface area (Å²) in [5.74, 6) is 1.55. The first kappa shape index (κ1) is 14.9. The fraction of sp³-hybridized carbons (Fsp3) is 0.714. The minimum atomic E-state index is -3.31. The molecule has 1 aliphatic heterocycles. The number of hydrogen-bond donors (Lipinski definition) is 0. The molecule has 0 bridgehead atoms. The van der Waals surface area contributed by atoms with Crippen molar-refractivity contribution in [3.8, 4) is 0 Å². The molecule has 0 radical (unpaired) electrons. The lowest BCUT2D eigenvalue weighted by atomic mass is 10.0. The van der Waals surface area contributed by atoms with Gasteiger partial charge in [-0.1, -0.05) is 13.8 Å². The molecule has 0 atom stereocenters. The molecular formula is C14H22N4O2S. The van der Waals surface area contributed by atoms with E-state index in [1.54, 1.807) is 0 Å². The van der Waals surface area contributed by atoms with Gasteiger partial charge in [0.15, 0.2) is 0 Å². The van der Waals surface area contributed by atoms with Crippen LogP contribution in [0.2, 0.25) is 0 Å². The Morgan fingerprint density at radius 2 is 1.71 bits per heavy atom. The third-order valence-electron chi connectivity index (χ3n) is 4.31. The highest BCUT2D eigenvalue weighted by atomic mass is 32.2. The van der Waals surface area contributed by atoms with Crippen LogP contribution in [0, 0.1) is 0 Å². The fourth-order valence-electron chi connectivity index (χ4n) is 2.69. The first-order valence-corrected chi connectivity index (χ1v) is 9.03. The maximum absolute atomic E-state index is 12.3. The third-order valence-corrected chi connectivity index (χ3v) is 6.43. The van der Waals surface area contributed by atoms with Crippen molar-refractivity contribution in [2.45, 2.75) is 38.5 Å². The maximum atomic E-state index is 12.3. The average molecular weight is 310 g/mol. The van der Waals surface area contributed by atoms with Crippen molar-refractivity contribution < 1.29 is 8.42 Å². The summed E-state index contributed by atoms with van der Waals surface area (Å²) < 4.78 is 27.6. The van der Waals surface area contributed by atoms with Crippen LogP contribution in [0.3, 0.4) is 0 Å². The van der Waals surface area contributed by atoms with E-state index >= 15 is 0 Å². The summed E-state index contributed by atoms with van der Waals surface area (Å²) in [5, 5.41) is 0. The minimum absolute atomic E-state index is 0.128. The van der Waals surface area contributed by atoms with Crippen LogP contribution in [-0.4, -0.2) is 53.2 Å². The number of nitrogens with zero attached hydrogens (tertiary/aromatic N) is 4. The van der Waals surface area contributed by atoms with Crippen LogP contribution in [0.15, 0.2) is 12.4 Å². The molecule has 2 fully saturated rings. The van der Waals surface area contributed by atoms with Gasteiger partial charge in [-0.15, -0.1) is 0 Å². The predicted octanol–water partition coefficient (Wildman–Crippen LogP) is 1.34. The Kier molecular flexibility index (Phi) is 3.98. The van der Waals surface area contributed by atoms with Crippen molar-refractivity contribution in [2.75, 3.05) is 26.2 Å². The Morgan fingerprint density at radius 1 is 1.14 bits per heavy atom.